The van der Waals surface area contributed by atoms with Crippen molar-refractivity contribution in [2.75, 3.05) is 0 Å². The van der Waals surface area contributed by atoms with Crippen molar-refractivity contribution < 1.29 is 9.53 Å². The van der Waals surface area contributed by atoms with Gasteiger partial charge in [0.15, 0.2) is 0 Å². The van der Waals surface area contributed by atoms with Gasteiger partial charge >= 0.3 is 5.97 Å². The minimum Gasteiger partial charge on any atom is -0.463 e. The Hall–Kier alpha value is -0.790. The molecule has 17 heavy (non-hydrogen) atoms. The van der Waals surface area contributed by atoms with E-state index in [0.29, 0.717) is 6.42 Å². The minimum absolute atomic E-state index is 0.0148. The summed E-state index contributed by atoms with van der Waals surface area (Å²) in [6.07, 6.45) is 13.3. The zero-order chi connectivity index (χ0) is 12.9. The third-order valence-electron chi connectivity index (χ3n) is 2.51. The van der Waals surface area contributed by atoms with Crippen LogP contribution in [0.1, 0.15) is 72.1 Å². The van der Waals surface area contributed by atoms with Crippen molar-refractivity contribution in [2.24, 2.45) is 0 Å². The summed E-state index contributed by atoms with van der Waals surface area (Å²) in [5.74, 6) is -0.0630. The van der Waals surface area contributed by atoms with E-state index in [1.165, 1.54) is 25.7 Å². The Labute approximate surface area is 106 Å². The highest BCUT2D eigenvalue weighted by molar-refractivity contribution is 5.69. The topological polar surface area (TPSA) is 26.3 Å². The molecule has 0 saturated carbocycles. The molecule has 0 aliphatic rings. The molecule has 0 amide bonds. The molecule has 0 spiro atoms. The number of hydrogen-bond donors (Lipinski definition) is 0. The summed E-state index contributed by atoms with van der Waals surface area (Å²) in [4.78, 5) is 11.2. The Morgan fingerprint density at radius 2 is 1.65 bits per heavy atom. The van der Waals surface area contributed by atoms with Gasteiger partial charge in [-0.15, -0.1) is 0 Å². The molecule has 0 atom stereocenters. The van der Waals surface area contributed by atoms with Crippen LogP contribution < -0.4 is 0 Å². The van der Waals surface area contributed by atoms with Crippen molar-refractivity contribution >= 4 is 5.97 Å². The molecule has 0 saturated heterocycles. The van der Waals surface area contributed by atoms with Crippen LogP contribution in [0.15, 0.2) is 12.2 Å². The van der Waals surface area contributed by atoms with Crippen molar-refractivity contribution in [1.82, 2.24) is 0 Å². The van der Waals surface area contributed by atoms with Gasteiger partial charge in [0.2, 0.25) is 0 Å². The van der Waals surface area contributed by atoms with Crippen molar-refractivity contribution in [3.05, 3.63) is 12.2 Å². The molecule has 0 aliphatic heterocycles. The fourth-order valence-corrected chi connectivity index (χ4v) is 1.60. The highest BCUT2D eigenvalue weighted by Gasteiger charge is 2.03. The second kappa shape index (κ2) is 11.7. The Kier molecular flexibility index (Phi) is 11.1. The molecule has 0 unspecified atom stereocenters. The normalized spacial score (nSPS) is 11.3. The molecule has 100 valence electrons. The van der Waals surface area contributed by atoms with Gasteiger partial charge in [-0.3, -0.25) is 4.79 Å². The van der Waals surface area contributed by atoms with E-state index in [1.807, 2.05) is 13.8 Å². The van der Waals surface area contributed by atoms with Crippen molar-refractivity contribution in [3.63, 3.8) is 0 Å². The Bertz CT molecular complexity index is 207. The first kappa shape index (κ1) is 16.2. The number of allylic oxidation sites excluding steroid dienone is 2. The average Bonchev–Trinajstić information content (AvgIpc) is 2.26. The van der Waals surface area contributed by atoms with Crippen LogP contribution in [0.3, 0.4) is 0 Å². The van der Waals surface area contributed by atoms with E-state index >= 15 is 0 Å². The van der Waals surface area contributed by atoms with E-state index in [0.717, 1.165) is 19.3 Å². The van der Waals surface area contributed by atoms with Crippen molar-refractivity contribution in [3.8, 4) is 0 Å². The lowest BCUT2D eigenvalue weighted by atomic mass is 10.1. The summed E-state index contributed by atoms with van der Waals surface area (Å²) in [5.41, 5.74) is 0. The van der Waals surface area contributed by atoms with Gasteiger partial charge in [0.25, 0.3) is 0 Å². The lowest BCUT2D eigenvalue weighted by Crippen LogP contribution is -2.10. The Morgan fingerprint density at radius 3 is 2.18 bits per heavy atom. The molecule has 0 aromatic rings. The molecular weight excluding hydrogens is 212 g/mol. The zero-order valence-electron chi connectivity index (χ0n) is 11.7. The molecule has 2 nitrogen and oxygen atoms in total. The van der Waals surface area contributed by atoms with Gasteiger partial charge in [-0.1, -0.05) is 31.9 Å². The van der Waals surface area contributed by atoms with Gasteiger partial charge in [0, 0.05) is 6.42 Å². The van der Waals surface area contributed by atoms with Gasteiger partial charge in [-0.05, 0) is 46.0 Å². The number of rotatable bonds is 10. The lowest BCUT2D eigenvalue weighted by Gasteiger charge is -2.06. The number of hydrogen-bond acceptors (Lipinski definition) is 2. The van der Waals surface area contributed by atoms with Crippen LogP contribution in [-0.2, 0) is 9.53 Å². The highest BCUT2D eigenvalue weighted by atomic mass is 16.5. The number of esters is 1. The van der Waals surface area contributed by atoms with Crippen LogP contribution in [0.2, 0.25) is 0 Å². The summed E-state index contributed by atoms with van der Waals surface area (Å²) >= 11 is 0. The summed E-state index contributed by atoms with van der Waals surface area (Å²) in [6, 6.07) is 0. The van der Waals surface area contributed by atoms with Crippen LogP contribution in [0, 0.1) is 0 Å². The van der Waals surface area contributed by atoms with Crippen LogP contribution in [0.5, 0.6) is 0 Å². The molecule has 0 heterocycles. The van der Waals surface area contributed by atoms with Crippen molar-refractivity contribution in [1.29, 1.82) is 0 Å². The fourth-order valence-electron chi connectivity index (χ4n) is 1.60. The highest BCUT2D eigenvalue weighted by Crippen LogP contribution is 2.05. The summed E-state index contributed by atoms with van der Waals surface area (Å²) in [5, 5.41) is 0. The van der Waals surface area contributed by atoms with Gasteiger partial charge in [-0.25, -0.2) is 0 Å². The predicted molar refractivity (Wildman–Crippen MR) is 73.0 cm³/mol. The van der Waals surface area contributed by atoms with E-state index in [4.69, 9.17) is 4.74 Å². The molecular formula is C15H28O2. The van der Waals surface area contributed by atoms with Gasteiger partial charge in [-0.2, -0.15) is 0 Å². The zero-order valence-corrected chi connectivity index (χ0v) is 11.7. The largest absolute Gasteiger partial charge is 0.463 e. The summed E-state index contributed by atoms with van der Waals surface area (Å²) < 4.78 is 5.07. The Morgan fingerprint density at radius 1 is 1.06 bits per heavy atom. The van der Waals surface area contributed by atoms with E-state index in [1.54, 1.807) is 0 Å². The first-order valence-corrected chi connectivity index (χ1v) is 7.01. The third-order valence-corrected chi connectivity index (χ3v) is 2.51. The van der Waals surface area contributed by atoms with Gasteiger partial charge in [0.1, 0.15) is 0 Å². The number of carbonyl (C=O) groups excluding carboxylic acids is 1. The average molecular weight is 240 g/mol. The predicted octanol–water partition coefficient (Wildman–Crippen LogP) is 4.63. The molecule has 0 radical (unpaired) electrons. The summed E-state index contributed by atoms with van der Waals surface area (Å²) in [7, 11) is 0. The maximum Gasteiger partial charge on any atom is 0.306 e. The molecule has 0 fully saturated rings. The quantitative estimate of drug-likeness (QED) is 0.316. The maximum absolute atomic E-state index is 11.2. The standard InChI is InChI=1S/C15H28O2/c1-4-5-6-7-8-9-10-11-12-13-15(16)17-14(2)3/h8-9,14H,4-7,10-13H2,1-3H3/b9-8+. The number of carbonyl (C=O) groups is 1. The third kappa shape index (κ3) is 13.1. The lowest BCUT2D eigenvalue weighted by molar-refractivity contribution is -0.147. The maximum atomic E-state index is 11.2. The van der Waals surface area contributed by atoms with Gasteiger partial charge < -0.3 is 4.74 Å². The minimum atomic E-state index is -0.0630. The van der Waals surface area contributed by atoms with Crippen LogP contribution in [0.25, 0.3) is 0 Å². The van der Waals surface area contributed by atoms with Crippen molar-refractivity contribution in [2.45, 2.75) is 78.2 Å². The van der Waals surface area contributed by atoms with Crippen LogP contribution in [0.4, 0.5) is 0 Å². The molecule has 0 rings (SSSR count). The smallest absolute Gasteiger partial charge is 0.306 e. The van der Waals surface area contributed by atoms with E-state index in [2.05, 4.69) is 19.1 Å². The summed E-state index contributed by atoms with van der Waals surface area (Å²) in [6.45, 7) is 5.99. The second-order valence-electron chi connectivity index (χ2n) is 4.75. The number of ether oxygens (including phenoxy) is 1. The molecule has 0 N–H and O–H groups in total. The first-order chi connectivity index (χ1) is 8.16. The van der Waals surface area contributed by atoms with E-state index in [9.17, 15) is 4.79 Å². The monoisotopic (exact) mass is 240 g/mol. The SMILES string of the molecule is CCCCC/C=C/CCCCC(=O)OC(C)C. The molecule has 0 aromatic carbocycles. The van der Waals surface area contributed by atoms with Crippen LogP contribution >= 0.6 is 0 Å². The molecule has 0 bridgehead atoms. The fraction of sp³-hybridized carbons (Fsp3) is 0.800. The Balaban J connectivity index is 3.25. The molecule has 2 heteroatoms. The van der Waals surface area contributed by atoms with E-state index in [-0.39, 0.29) is 12.1 Å². The molecule has 0 aromatic heterocycles. The molecule has 0 aliphatic carbocycles. The number of unbranched alkanes of at least 4 members (excludes halogenated alkanes) is 5. The van der Waals surface area contributed by atoms with Gasteiger partial charge in [0.05, 0.1) is 6.10 Å². The van der Waals surface area contributed by atoms with Crippen LogP contribution in [-0.4, -0.2) is 12.1 Å². The first-order valence-electron chi connectivity index (χ1n) is 7.01. The second-order valence-corrected chi connectivity index (χ2v) is 4.75. The van der Waals surface area contributed by atoms with E-state index < -0.39 is 0 Å².